The Balaban J connectivity index is 3.01. The molecule has 0 amide bonds. The lowest BCUT2D eigenvalue weighted by atomic mass is 10.3. The number of ether oxygens (including phenoxy) is 2. The van der Waals surface area contributed by atoms with E-state index in [-0.39, 0.29) is 18.5 Å². The van der Waals surface area contributed by atoms with Gasteiger partial charge in [0.15, 0.2) is 0 Å². The molecule has 0 spiro atoms. The molecule has 0 aliphatic carbocycles. The highest BCUT2D eigenvalue weighted by molar-refractivity contribution is 9.10. The van der Waals surface area contributed by atoms with Gasteiger partial charge in [0.05, 0.1) is 10.6 Å². The minimum absolute atomic E-state index is 0.170. The molecule has 1 rings (SSSR count). The highest BCUT2D eigenvalue weighted by Crippen LogP contribution is 2.31. The summed E-state index contributed by atoms with van der Waals surface area (Å²) in [4.78, 5) is -0.594. The molecule has 1 unspecified atom stereocenters. The van der Waals surface area contributed by atoms with Crippen LogP contribution in [0.15, 0.2) is 21.5 Å². The molecule has 1 aromatic rings. The molecule has 0 radical (unpaired) electrons. The molecule has 0 saturated heterocycles. The molecule has 0 saturated carbocycles. The van der Waals surface area contributed by atoms with Crippen molar-refractivity contribution in [3.63, 3.8) is 0 Å². The van der Waals surface area contributed by atoms with Gasteiger partial charge in [0.25, 0.3) is 9.05 Å². The molecule has 0 aromatic heterocycles. The van der Waals surface area contributed by atoms with Crippen molar-refractivity contribution in [1.29, 1.82) is 0 Å². The smallest absolute Gasteiger partial charge is 0.264 e. The summed E-state index contributed by atoms with van der Waals surface area (Å²) in [6, 6.07) is 2.02. The van der Waals surface area contributed by atoms with Crippen LogP contribution in [-0.2, 0) is 13.8 Å². The van der Waals surface area contributed by atoms with E-state index in [1.165, 1.54) is 7.11 Å². The molecule has 0 aliphatic rings. The van der Waals surface area contributed by atoms with Crippen molar-refractivity contribution in [2.24, 2.45) is 0 Å². The molecule has 8 heteroatoms. The third-order valence-corrected chi connectivity index (χ3v) is 4.08. The second kappa shape index (κ2) is 6.18. The Bertz CT molecular complexity index is 535. The number of methoxy groups -OCH3 is 1. The van der Waals surface area contributed by atoms with Crippen LogP contribution in [-0.4, -0.2) is 28.2 Å². The fourth-order valence-corrected chi connectivity index (χ4v) is 2.60. The lowest BCUT2D eigenvalue weighted by Gasteiger charge is -2.13. The number of halogens is 3. The molecule has 0 bridgehead atoms. The van der Waals surface area contributed by atoms with Crippen LogP contribution in [0.1, 0.15) is 6.92 Å². The molecule has 0 N–H and O–H groups in total. The molecule has 0 heterocycles. The van der Waals surface area contributed by atoms with Gasteiger partial charge in [0, 0.05) is 23.9 Å². The van der Waals surface area contributed by atoms with Crippen molar-refractivity contribution in [2.75, 3.05) is 13.7 Å². The maximum atomic E-state index is 13.5. The highest BCUT2D eigenvalue weighted by Gasteiger charge is 2.19. The molecular formula is C10H11BrClFO4S. The van der Waals surface area contributed by atoms with Crippen LogP contribution in [0.4, 0.5) is 4.39 Å². The Kier molecular flexibility index (Phi) is 5.39. The lowest BCUT2D eigenvalue weighted by Crippen LogP contribution is -2.16. The Morgan fingerprint density at radius 1 is 1.50 bits per heavy atom. The number of rotatable bonds is 5. The third-order valence-electron chi connectivity index (χ3n) is 2.13. The average Bonchev–Trinajstić information content (AvgIpc) is 2.27. The van der Waals surface area contributed by atoms with Gasteiger partial charge in [-0.1, -0.05) is 0 Å². The highest BCUT2D eigenvalue weighted by atomic mass is 79.9. The van der Waals surface area contributed by atoms with Crippen LogP contribution in [0.3, 0.4) is 0 Å². The van der Waals surface area contributed by atoms with Crippen LogP contribution in [0.25, 0.3) is 0 Å². The van der Waals surface area contributed by atoms with Crippen LogP contribution in [0.2, 0.25) is 0 Å². The predicted octanol–water partition coefficient (Wildman–Crippen LogP) is 2.93. The van der Waals surface area contributed by atoms with Crippen LogP contribution in [0, 0.1) is 5.82 Å². The van der Waals surface area contributed by atoms with E-state index in [4.69, 9.17) is 20.2 Å². The van der Waals surface area contributed by atoms with Gasteiger partial charge < -0.3 is 9.47 Å². The zero-order chi connectivity index (χ0) is 13.9. The standard InChI is InChI=1S/C10H11BrClFO4S/c1-6(16-2)5-17-9-4-8(13)10(3-7(9)11)18(12,14)15/h3-4,6H,5H2,1-2H3. The molecule has 18 heavy (non-hydrogen) atoms. The first-order valence-corrected chi connectivity index (χ1v) is 7.95. The van der Waals surface area contributed by atoms with Gasteiger partial charge in [0.2, 0.25) is 0 Å². The van der Waals surface area contributed by atoms with Crippen molar-refractivity contribution in [1.82, 2.24) is 0 Å². The number of benzene rings is 1. The Morgan fingerprint density at radius 2 is 2.11 bits per heavy atom. The monoisotopic (exact) mass is 360 g/mol. The normalized spacial score (nSPS) is 13.4. The molecule has 0 aliphatic heterocycles. The Hall–Kier alpha value is -0.370. The molecular weight excluding hydrogens is 351 g/mol. The van der Waals surface area contributed by atoms with Gasteiger partial charge in [-0.2, -0.15) is 0 Å². The summed E-state index contributed by atoms with van der Waals surface area (Å²) in [7, 11) is 2.49. The van der Waals surface area contributed by atoms with Gasteiger partial charge >= 0.3 is 0 Å². The van der Waals surface area contributed by atoms with Gasteiger partial charge in [-0.15, -0.1) is 0 Å². The Labute approximate surface area is 118 Å². The minimum Gasteiger partial charge on any atom is -0.490 e. The second-order valence-corrected chi connectivity index (χ2v) is 6.90. The van der Waals surface area contributed by atoms with Crippen molar-refractivity contribution in [3.05, 3.63) is 22.4 Å². The lowest BCUT2D eigenvalue weighted by molar-refractivity contribution is 0.0712. The van der Waals surface area contributed by atoms with Crippen LogP contribution < -0.4 is 4.74 Å². The third kappa shape index (κ3) is 4.08. The summed E-state index contributed by atoms with van der Waals surface area (Å²) in [5.41, 5.74) is 0. The largest absolute Gasteiger partial charge is 0.490 e. The first kappa shape index (κ1) is 15.7. The van der Waals surface area contributed by atoms with Crippen molar-refractivity contribution in [2.45, 2.75) is 17.9 Å². The van der Waals surface area contributed by atoms with Gasteiger partial charge in [-0.25, -0.2) is 12.8 Å². The second-order valence-electron chi connectivity index (χ2n) is 3.51. The minimum atomic E-state index is -4.12. The maximum absolute atomic E-state index is 13.5. The SMILES string of the molecule is COC(C)COc1cc(F)c(S(=O)(=O)Cl)cc1Br. The van der Waals surface area contributed by atoms with E-state index in [9.17, 15) is 12.8 Å². The Morgan fingerprint density at radius 3 is 2.61 bits per heavy atom. The fourth-order valence-electron chi connectivity index (χ4n) is 1.08. The summed E-state index contributed by atoms with van der Waals surface area (Å²) in [6.07, 6.45) is -0.170. The quantitative estimate of drug-likeness (QED) is 0.757. The maximum Gasteiger partial charge on any atom is 0.264 e. The predicted molar refractivity (Wildman–Crippen MR) is 69.1 cm³/mol. The van der Waals surface area contributed by atoms with Gasteiger partial charge in [-0.3, -0.25) is 0 Å². The zero-order valence-electron chi connectivity index (χ0n) is 9.61. The average molecular weight is 362 g/mol. The van der Waals surface area contributed by atoms with E-state index in [0.717, 1.165) is 12.1 Å². The fraction of sp³-hybridized carbons (Fsp3) is 0.400. The van der Waals surface area contributed by atoms with E-state index in [0.29, 0.717) is 4.47 Å². The summed E-state index contributed by atoms with van der Waals surface area (Å²) < 4.78 is 46.2. The molecule has 1 aromatic carbocycles. The zero-order valence-corrected chi connectivity index (χ0v) is 12.8. The summed E-state index contributed by atoms with van der Waals surface area (Å²) in [6.45, 7) is 1.99. The van der Waals surface area contributed by atoms with E-state index in [1.54, 1.807) is 6.92 Å². The molecule has 0 fully saturated rings. The van der Waals surface area contributed by atoms with Crippen molar-refractivity contribution in [3.8, 4) is 5.75 Å². The summed E-state index contributed by atoms with van der Waals surface area (Å²) in [5, 5.41) is 0. The van der Waals surface area contributed by atoms with Crippen LogP contribution >= 0.6 is 26.6 Å². The molecule has 4 nitrogen and oxygen atoms in total. The molecule has 1 atom stereocenters. The number of hydrogen-bond donors (Lipinski definition) is 0. The molecule has 102 valence electrons. The topological polar surface area (TPSA) is 52.6 Å². The number of hydrogen-bond acceptors (Lipinski definition) is 4. The van der Waals surface area contributed by atoms with Gasteiger partial charge in [-0.05, 0) is 28.9 Å². The van der Waals surface area contributed by atoms with E-state index in [1.807, 2.05) is 0 Å². The summed E-state index contributed by atoms with van der Waals surface area (Å²) in [5.74, 6) is -0.784. The van der Waals surface area contributed by atoms with Crippen molar-refractivity contribution < 1.29 is 22.3 Å². The first-order chi connectivity index (χ1) is 8.25. The van der Waals surface area contributed by atoms with E-state index >= 15 is 0 Å². The summed E-state index contributed by atoms with van der Waals surface area (Å²) >= 11 is 3.09. The van der Waals surface area contributed by atoms with Gasteiger partial charge in [0.1, 0.15) is 23.1 Å². The van der Waals surface area contributed by atoms with E-state index in [2.05, 4.69) is 15.9 Å². The first-order valence-electron chi connectivity index (χ1n) is 4.85. The van der Waals surface area contributed by atoms with Crippen LogP contribution in [0.5, 0.6) is 5.75 Å². The van der Waals surface area contributed by atoms with E-state index < -0.39 is 19.8 Å². The van der Waals surface area contributed by atoms with Crippen molar-refractivity contribution >= 4 is 35.7 Å².